The topological polar surface area (TPSA) is 26.0 Å². The van der Waals surface area contributed by atoms with E-state index in [-0.39, 0.29) is 12.4 Å². The molecule has 0 spiro atoms. The molecular formula is C11H18ClN. The summed E-state index contributed by atoms with van der Waals surface area (Å²) >= 11 is 0. The second kappa shape index (κ2) is 6.01. The highest BCUT2D eigenvalue weighted by atomic mass is 35.5. The maximum absolute atomic E-state index is 5.84. The van der Waals surface area contributed by atoms with E-state index in [0.717, 1.165) is 12.8 Å². The first kappa shape index (κ1) is 12.5. The van der Waals surface area contributed by atoms with Gasteiger partial charge in [-0.2, -0.15) is 0 Å². The van der Waals surface area contributed by atoms with E-state index in [1.807, 2.05) is 0 Å². The molecule has 0 aromatic heterocycles. The van der Waals surface area contributed by atoms with Crippen molar-refractivity contribution in [3.63, 3.8) is 0 Å². The van der Waals surface area contributed by atoms with Crippen LogP contribution in [0.1, 0.15) is 24.5 Å². The second-order valence-corrected chi connectivity index (χ2v) is 3.36. The van der Waals surface area contributed by atoms with E-state index < -0.39 is 0 Å². The smallest absolute Gasteiger partial charge is 0.00766 e. The molecule has 0 aliphatic rings. The van der Waals surface area contributed by atoms with Gasteiger partial charge >= 0.3 is 0 Å². The van der Waals surface area contributed by atoms with Gasteiger partial charge in [0, 0.05) is 6.04 Å². The molecule has 0 aliphatic carbocycles. The van der Waals surface area contributed by atoms with Crippen molar-refractivity contribution in [3.05, 3.63) is 35.4 Å². The first-order chi connectivity index (χ1) is 5.72. The standard InChI is InChI=1S/C11H17N.ClH/c1-3-11(12)8-10-6-4-9(2)5-7-10;/h4-7,11H,3,8,12H2,1-2H3;1H. The van der Waals surface area contributed by atoms with E-state index in [1.54, 1.807) is 0 Å². The van der Waals surface area contributed by atoms with Crippen LogP contribution in [0.3, 0.4) is 0 Å². The molecule has 1 aromatic carbocycles. The zero-order chi connectivity index (χ0) is 8.97. The molecule has 0 radical (unpaired) electrons. The molecule has 1 unspecified atom stereocenters. The van der Waals surface area contributed by atoms with Gasteiger partial charge in [-0.3, -0.25) is 0 Å². The van der Waals surface area contributed by atoms with E-state index >= 15 is 0 Å². The molecule has 2 heteroatoms. The van der Waals surface area contributed by atoms with Gasteiger partial charge in [0.15, 0.2) is 0 Å². The lowest BCUT2D eigenvalue weighted by atomic mass is 10.0. The van der Waals surface area contributed by atoms with E-state index in [2.05, 4.69) is 38.1 Å². The van der Waals surface area contributed by atoms with Gasteiger partial charge in [0.1, 0.15) is 0 Å². The van der Waals surface area contributed by atoms with Crippen LogP contribution in [-0.2, 0) is 6.42 Å². The van der Waals surface area contributed by atoms with Crippen LogP contribution in [0.5, 0.6) is 0 Å². The van der Waals surface area contributed by atoms with Crippen molar-refractivity contribution in [3.8, 4) is 0 Å². The van der Waals surface area contributed by atoms with Gasteiger partial charge in [0.2, 0.25) is 0 Å². The lowest BCUT2D eigenvalue weighted by Crippen LogP contribution is -2.21. The minimum Gasteiger partial charge on any atom is -0.327 e. The maximum Gasteiger partial charge on any atom is 0.00766 e. The summed E-state index contributed by atoms with van der Waals surface area (Å²) in [5, 5.41) is 0. The lowest BCUT2D eigenvalue weighted by Gasteiger charge is -2.08. The minimum atomic E-state index is 0. The van der Waals surface area contributed by atoms with Crippen LogP contribution in [0, 0.1) is 6.92 Å². The molecule has 0 fully saturated rings. The number of benzene rings is 1. The molecule has 2 N–H and O–H groups in total. The largest absolute Gasteiger partial charge is 0.327 e. The molecule has 0 saturated carbocycles. The Hall–Kier alpha value is -0.530. The quantitative estimate of drug-likeness (QED) is 0.796. The van der Waals surface area contributed by atoms with Crippen LogP contribution < -0.4 is 5.73 Å². The highest BCUT2D eigenvalue weighted by molar-refractivity contribution is 5.85. The predicted molar refractivity (Wildman–Crippen MR) is 60.4 cm³/mol. The fourth-order valence-corrected chi connectivity index (χ4v) is 1.17. The lowest BCUT2D eigenvalue weighted by molar-refractivity contribution is 0.646. The van der Waals surface area contributed by atoms with Crippen molar-refractivity contribution >= 4 is 12.4 Å². The molecule has 0 aliphatic heterocycles. The molecule has 0 saturated heterocycles. The Balaban J connectivity index is 0.00000144. The SMILES string of the molecule is CCC(N)Cc1ccc(C)cc1.Cl. The summed E-state index contributed by atoms with van der Waals surface area (Å²) in [4.78, 5) is 0. The summed E-state index contributed by atoms with van der Waals surface area (Å²) in [5.74, 6) is 0. The Morgan fingerprint density at radius 2 is 1.77 bits per heavy atom. The fourth-order valence-electron chi connectivity index (χ4n) is 1.17. The zero-order valence-corrected chi connectivity index (χ0v) is 9.10. The van der Waals surface area contributed by atoms with Crippen LogP contribution in [0.25, 0.3) is 0 Å². The van der Waals surface area contributed by atoms with Gasteiger partial charge in [-0.1, -0.05) is 36.8 Å². The van der Waals surface area contributed by atoms with E-state index in [0.29, 0.717) is 6.04 Å². The van der Waals surface area contributed by atoms with Crippen LogP contribution in [0.15, 0.2) is 24.3 Å². The van der Waals surface area contributed by atoms with Crippen molar-refractivity contribution in [2.45, 2.75) is 32.7 Å². The Morgan fingerprint density at radius 3 is 2.23 bits per heavy atom. The Kier molecular flexibility index (Phi) is 5.76. The molecule has 74 valence electrons. The molecule has 1 nitrogen and oxygen atoms in total. The second-order valence-electron chi connectivity index (χ2n) is 3.36. The van der Waals surface area contributed by atoms with Gasteiger partial charge < -0.3 is 5.73 Å². The van der Waals surface area contributed by atoms with Gasteiger partial charge in [-0.25, -0.2) is 0 Å². The van der Waals surface area contributed by atoms with Gasteiger partial charge in [0.05, 0.1) is 0 Å². The molecular weight excluding hydrogens is 182 g/mol. The van der Waals surface area contributed by atoms with Crippen molar-refractivity contribution in [1.29, 1.82) is 0 Å². The molecule has 0 amide bonds. The fraction of sp³-hybridized carbons (Fsp3) is 0.455. The highest BCUT2D eigenvalue weighted by Crippen LogP contribution is 2.06. The number of hydrogen-bond acceptors (Lipinski definition) is 1. The Bertz CT molecular complexity index is 230. The summed E-state index contributed by atoms with van der Waals surface area (Å²) in [6.45, 7) is 4.22. The van der Waals surface area contributed by atoms with E-state index in [9.17, 15) is 0 Å². The normalized spacial score (nSPS) is 11.9. The number of rotatable bonds is 3. The van der Waals surface area contributed by atoms with Crippen molar-refractivity contribution in [1.82, 2.24) is 0 Å². The molecule has 1 rings (SSSR count). The average molecular weight is 200 g/mol. The summed E-state index contributed by atoms with van der Waals surface area (Å²) in [6.07, 6.45) is 2.05. The molecule has 0 heterocycles. The van der Waals surface area contributed by atoms with Gasteiger partial charge in [0.25, 0.3) is 0 Å². The monoisotopic (exact) mass is 199 g/mol. The van der Waals surface area contributed by atoms with Crippen LogP contribution in [0.2, 0.25) is 0 Å². The van der Waals surface area contributed by atoms with Gasteiger partial charge in [-0.05, 0) is 25.3 Å². The third-order valence-corrected chi connectivity index (χ3v) is 2.14. The maximum atomic E-state index is 5.84. The summed E-state index contributed by atoms with van der Waals surface area (Å²) in [6, 6.07) is 8.90. The zero-order valence-electron chi connectivity index (χ0n) is 8.29. The van der Waals surface area contributed by atoms with Crippen LogP contribution >= 0.6 is 12.4 Å². The third-order valence-electron chi connectivity index (χ3n) is 2.14. The third kappa shape index (κ3) is 4.30. The van der Waals surface area contributed by atoms with Crippen molar-refractivity contribution in [2.75, 3.05) is 0 Å². The molecule has 0 bridgehead atoms. The molecule has 13 heavy (non-hydrogen) atoms. The Labute approximate surface area is 86.7 Å². The van der Waals surface area contributed by atoms with E-state index in [1.165, 1.54) is 11.1 Å². The minimum absolute atomic E-state index is 0. The number of hydrogen-bond donors (Lipinski definition) is 1. The van der Waals surface area contributed by atoms with E-state index in [4.69, 9.17) is 5.73 Å². The van der Waals surface area contributed by atoms with Gasteiger partial charge in [-0.15, -0.1) is 12.4 Å². The number of aryl methyl sites for hydroxylation is 1. The first-order valence-electron chi connectivity index (χ1n) is 4.53. The number of nitrogens with two attached hydrogens (primary N) is 1. The van der Waals surface area contributed by atoms with Crippen LogP contribution in [-0.4, -0.2) is 6.04 Å². The van der Waals surface area contributed by atoms with Crippen LogP contribution in [0.4, 0.5) is 0 Å². The average Bonchev–Trinajstić information content (AvgIpc) is 2.09. The summed E-state index contributed by atoms with van der Waals surface area (Å²) < 4.78 is 0. The first-order valence-corrected chi connectivity index (χ1v) is 4.53. The predicted octanol–water partition coefficient (Wildman–Crippen LogP) is 2.70. The Morgan fingerprint density at radius 1 is 1.23 bits per heavy atom. The van der Waals surface area contributed by atoms with Crippen molar-refractivity contribution < 1.29 is 0 Å². The summed E-state index contributed by atoms with van der Waals surface area (Å²) in [7, 11) is 0. The summed E-state index contributed by atoms with van der Waals surface area (Å²) in [5.41, 5.74) is 8.49. The molecule has 1 atom stereocenters. The highest BCUT2D eigenvalue weighted by Gasteiger charge is 1.99. The van der Waals surface area contributed by atoms with Crippen molar-refractivity contribution in [2.24, 2.45) is 5.73 Å². The molecule has 1 aromatic rings. The number of halogens is 1.